The summed E-state index contributed by atoms with van der Waals surface area (Å²) >= 11 is 0. The molecule has 1 aromatic carbocycles. The summed E-state index contributed by atoms with van der Waals surface area (Å²) in [6.45, 7) is 8.47. The minimum atomic E-state index is 0.277. The number of nitrogens with one attached hydrogen (secondary N) is 1. The Kier molecular flexibility index (Phi) is 4.47. The first-order valence-electron chi connectivity index (χ1n) is 5.65. The zero-order valence-electron chi connectivity index (χ0n) is 10.1. The lowest BCUT2D eigenvalue weighted by Gasteiger charge is -2.15. The lowest BCUT2D eigenvalue weighted by atomic mass is 10.2. The summed E-state index contributed by atoms with van der Waals surface area (Å²) in [5.74, 6) is 0.940. The Morgan fingerprint density at radius 2 is 2.00 bits per heavy atom. The molecule has 0 aliphatic heterocycles. The van der Waals surface area contributed by atoms with Gasteiger partial charge in [0, 0.05) is 17.8 Å². The van der Waals surface area contributed by atoms with E-state index in [-0.39, 0.29) is 6.10 Å². The summed E-state index contributed by atoms with van der Waals surface area (Å²) in [7, 11) is 0. The Hall–Kier alpha value is -1.18. The molecule has 0 bridgehead atoms. The van der Waals surface area contributed by atoms with Gasteiger partial charge in [0.1, 0.15) is 5.75 Å². The van der Waals surface area contributed by atoms with Crippen LogP contribution >= 0.6 is 0 Å². The molecule has 0 aromatic heterocycles. The first kappa shape index (κ1) is 11.9. The van der Waals surface area contributed by atoms with Gasteiger partial charge in [-0.15, -0.1) is 0 Å². The van der Waals surface area contributed by atoms with Crippen LogP contribution in [0.25, 0.3) is 0 Å². The van der Waals surface area contributed by atoms with Gasteiger partial charge >= 0.3 is 0 Å². The fourth-order valence-electron chi connectivity index (χ4n) is 1.31. The van der Waals surface area contributed by atoms with E-state index in [1.165, 1.54) is 0 Å². The lowest BCUT2D eigenvalue weighted by molar-refractivity contribution is 0.217. The molecule has 0 radical (unpaired) electrons. The Morgan fingerprint density at radius 3 is 2.60 bits per heavy atom. The van der Waals surface area contributed by atoms with Crippen LogP contribution in [0, 0.1) is 0 Å². The second-order valence-corrected chi connectivity index (χ2v) is 4.16. The van der Waals surface area contributed by atoms with Crippen LogP contribution < -0.4 is 10.1 Å². The van der Waals surface area contributed by atoms with Crippen molar-refractivity contribution in [3.63, 3.8) is 0 Å². The maximum absolute atomic E-state index is 5.75. The standard InChI is InChI=1S/C13H21NO/c1-5-11(4)15-13-8-6-7-12(9-13)14-10(2)3/h6-11,14H,5H2,1-4H3. The zero-order chi connectivity index (χ0) is 11.3. The van der Waals surface area contributed by atoms with Crippen LogP contribution in [0.5, 0.6) is 5.75 Å². The summed E-state index contributed by atoms with van der Waals surface area (Å²) in [6.07, 6.45) is 1.31. The number of ether oxygens (including phenoxy) is 1. The first-order chi connectivity index (χ1) is 7.11. The molecule has 84 valence electrons. The molecule has 0 aliphatic rings. The van der Waals surface area contributed by atoms with E-state index in [2.05, 4.69) is 39.1 Å². The van der Waals surface area contributed by atoms with Crippen LogP contribution in [0.15, 0.2) is 24.3 Å². The summed E-state index contributed by atoms with van der Waals surface area (Å²) in [6, 6.07) is 8.57. The molecule has 1 unspecified atom stereocenters. The second-order valence-electron chi connectivity index (χ2n) is 4.16. The van der Waals surface area contributed by atoms with Crippen molar-refractivity contribution < 1.29 is 4.74 Å². The van der Waals surface area contributed by atoms with E-state index in [9.17, 15) is 0 Å². The van der Waals surface area contributed by atoms with Crippen molar-refractivity contribution in [2.45, 2.75) is 46.3 Å². The van der Waals surface area contributed by atoms with Gasteiger partial charge in [0.25, 0.3) is 0 Å². The average molecular weight is 207 g/mol. The molecular formula is C13H21NO. The Balaban J connectivity index is 2.65. The van der Waals surface area contributed by atoms with Crippen LogP contribution in [-0.2, 0) is 0 Å². The summed E-state index contributed by atoms with van der Waals surface area (Å²) in [5.41, 5.74) is 1.12. The van der Waals surface area contributed by atoms with Gasteiger partial charge < -0.3 is 10.1 Å². The van der Waals surface area contributed by atoms with Gasteiger partial charge in [0.2, 0.25) is 0 Å². The third-order valence-corrected chi connectivity index (χ3v) is 2.20. The van der Waals surface area contributed by atoms with Crippen molar-refractivity contribution >= 4 is 5.69 Å². The van der Waals surface area contributed by atoms with Crippen molar-refractivity contribution in [3.05, 3.63) is 24.3 Å². The molecule has 0 amide bonds. The summed E-state index contributed by atoms with van der Waals surface area (Å²) in [4.78, 5) is 0. The van der Waals surface area contributed by atoms with Crippen LogP contribution in [0.2, 0.25) is 0 Å². The highest BCUT2D eigenvalue weighted by Crippen LogP contribution is 2.19. The highest BCUT2D eigenvalue weighted by molar-refractivity contribution is 5.48. The van der Waals surface area contributed by atoms with Crippen LogP contribution in [0.1, 0.15) is 34.1 Å². The normalized spacial score (nSPS) is 12.6. The van der Waals surface area contributed by atoms with Crippen molar-refractivity contribution in [1.29, 1.82) is 0 Å². The number of anilines is 1. The topological polar surface area (TPSA) is 21.3 Å². The van der Waals surface area contributed by atoms with Crippen molar-refractivity contribution in [1.82, 2.24) is 0 Å². The molecule has 2 nitrogen and oxygen atoms in total. The monoisotopic (exact) mass is 207 g/mol. The Morgan fingerprint density at radius 1 is 1.27 bits per heavy atom. The molecule has 0 fully saturated rings. The summed E-state index contributed by atoms with van der Waals surface area (Å²) in [5, 5.41) is 3.36. The van der Waals surface area contributed by atoms with E-state index in [1.807, 2.05) is 18.2 Å². The molecule has 1 aromatic rings. The summed E-state index contributed by atoms with van der Waals surface area (Å²) < 4.78 is 5.75. The minimum absolute atomic E-state index is 0.277. The fourth-order valence-corrected chi connectivity index (χ4v) is 1.31. The third kappa shape index (κ3) is 4.24. The van der Waals surface area contributed by atoms with E-state index in [4.69, 9.17) is 4.74 Å². The van der Waals surface area contributed by atoms with Crippen molar-refractivity contribution in [3.8, 4) is 5.75 Å². The van der Waals surface area contributed by atoms with Crippen LogP contribution in [0.4, 0.5) is 5.69 Å². The minimum Gasteiger partial charge on any atom is -0.491 e. The smallest absolute Gasteiger partial charge is 0.121 e. The van der Waals surface area contributed by atoms with Gasteiger partial charge in [-0.1, -0.05) is 13.0 Å². The molecule has 0 aliphatic carbocycles. The van der Waals surface area contributed by atoms with Gasteiger partial charge in [-0.25, -0.2) is 0 Å². The van der Waals surface area contributed by atoms with E-state index >= 15 is 0 Å². The van der Waals surface area contributed by atoms with Gasteiger partial charge in [-0.2, -0.15) is 0 Å². The number of benzene rings is 1. The molecule has 0 saturated heterocycles. The number of hydrogen-bond donors (Lipinski definition) is 1. The maximum atomic E-state index is 5.75. The van der Waals surface area contributed by atoms with Crippen LogP contribution in [0.3, 0.4) is 0 Å². The fraction of sp³-hybridized carbons (Fsp3) is 0.538. The number of hydrogen-bond acceptors (Lipinski definition) is 2. The molecule has 2 heteroatoms. The predicted molar refractivity (Wildman–Crippen MR) is 65.6 cm³/mol. The molecule has 15 heavy (non-hydrogen) atoms. The van der Waals surface area contributed by atoms with Crippen molar-refractivity contribution in [2.75, 3.05) is 5.32 Å². The molecule has 1 rings (SSSR count). The maximum Gasteiger partial charge on any atom is 0.121 e. The average Bonchev–Trinajstić information content (AvgIpc) is 2.17. The van der Waals surface area contributed by atoms with Gasteiger partial charge in [-0.05, 0) is 39.3 Å². The van der Waals surface area contributed by atoms with E-state index in [1.54, 1.807) is 0 Å². The largest absolute Gasteiger partial charge is 0.491 e. The number of rotatable bonds is 5. The second kappa shape index (κ2) is 5.64. The SMILES string of the molecule is CCC(C)Oc1cccc(NC(C)C)c1. The molecule has 1 N–H and O–H groups in total. The molecule has 0 spiro atoms. The Labute approximate surface area is 92.6 Å². The molecular weight excluding hydrogens is 186 g/mol. The first-order valence-corrected chi connectivity index (χ1v) is 5.65. The van der Waals surface area contributed by atoms with Gasteiger partial charge in [0.15, 0.2) is 0 Å². The highest BCUT2D eigenvalue weighted by atomic mass is 16.5. The Bertz CT molecular complexity index is 296. The molecule has 0 saturated carbocycles. The van der Waals surface area contributed by atoms with Crippen molar-refractivity contribution in [2.24, 2.45) is 0 Å². The van der Waals surface area contributed by atoms with E-state index in [0.717, 1.165) is 17.9 Å². The van der Waals surface area contributed by atoms with Crippen LogP contribution in [-0.4, -0.2) is 12.1 Å². The van der Waals surface area contributed by atoms with Gasteiger partial charge in [-0.3, -0.25) is 0 Å². The molecule has 1 atom stereocenters. The highest BCUT2D eigenvalue weighted by Gasteiger charge is 2.02. The predicted octanol–water partition coefficient (Wildman–Crippen LogP) is 3.68. The van der Waals surface area contributed by atoms with E-state index < -0.39 is 0 Å². The quantitative estimate of drug-likeness (QED) is 0.795. The van der Waals surface area contributed by atoms with E-state index in [0.29, 0.717) is 6.04 Å². The van der Waals surface area contributed by atoms with Gasteiger partial charge in [0.05, 0.1) is 6.10 Å². The lowest BCUT2D eigenvalue weighted by Crippen LogP contribution is -2.11. The third-order valence-electron chi connectivity index (χ3n) is 2.20. The molecule has 0 heterocycles. The zero-order valence-corrected chi connectivity index (χ0v) is 10.1.